The third-order valence-electron chi connectivity index (χ3n) is 7.27. The molecule has 0 saturated carbocycles. The molecule has 5 aromatic carbocycles. The maximum absolute atomic E-state index is 3.65. The number of nitrogens with one attached hydrogen (secondary N) is 1. The van der Waals surface area contributed by atoms with E-state index in [9.17, 15) is 0 Å². The average Bonchev–Trinajstić information content (AvgIpc) is 3.37. The van der Waals surface area contributed by atoms with E-state index in [-0.39, 0.29) is 5.41 Å². The molecule has 2 aromatic heterocycles. The number of hydrogen-bond donors (Lipinski definition) is 1. The number of aromatic amines is 1. The zero-order valence-corrected chi connectivity index (χ0v) is 19.7. The molecule has 0 aliphatic heterocycles. The second-order valence-corrected chi connectivity index (χ2v) is 10.4. The molecule has 2 nitrogen and oxygen atoms in total. The van der Waals surface area contributed by atoms with Crippen LogP contribution in [0.15, 0.2) is 97.1 Å². The van der Waals surface area contributed by atoms with Crippen LogP contribution in [-0.4, -0.2) is 9.55 Å². The zero-order chi connectivity index (χ0) is 23.0. The summed E-state index contributed by atoms with van der Waals surface area (Å²) in [4.78, 5) is 3.65. The Hall–Kier alpha value is -4.04. The molecule has 0 aliphatic rings. The highest BCUT2D eigenvalue weighted by Gasteiger charge is 2.18. The fourth-order valence-corrected chi connectivity index (χ4v) is 5.52. The molecule has 0 saturated heterocycles. The third kappa shape index (κ3) is 2.69. The van der Waals surface area contributed by atoms with Gasteiger partial charge in [0, 0.05) is 38.3 Å². The van der Waals surface area contributed by atoms with Crippen molar-refractivity contribution in [3.05, 3.63) is 103 Å². The molecule has 7 rings (SSSR count). The van der Waals surface area contributed by atoms with Gasteiger partial charge in [-0.05, 0) is 58.1 Å². The zero-order valence-electron chi connectivity index (χ0n) is 19.7. The Kier molecular flexibility index (Phi) is 3.85. The van der Waals surface area contributed by atoms with E-state index in [1.807, 2.05) is 0 Å². The Bertz CT molecular complexity index is 1870. The lowest BCUT2D eigenvalue weighted by atomic mass is 9.87. The summed E-state index contributed by atoms with van der Waals surface area (Å²) in [6.45, 7) is 6.80. The van der Waals surface area contributed by atoms with Crippen molar-refractivity contribution >= 4 is 54.4 Å². The minimum Gasteiger partial charge on any atom is -0.354 e. The molecule has 0 aliphatic carbocycles. The van der Waals surface area contributed by atoms with Crippen LogP contribution in [0.4, 0.5) is 0 Å². The standard InChI is InChI=1S/C32H26N2/c1-32(2,3)21-13-15-22(16-14-21)34-29-17-12-20-8-4-5-9-23(20)31(29)26-18-25-24-10-6-7-11-27(24)33-28(25)19-30(26)34/h4-19,33H,1-3H3. The van der Waals surface area contributed by atoms with Crippen molar-refractivity contribution < 1.29 is 0 Å². The van der Waals surface area contributed by atoms with Crippen LogP contribution in [0, 0.1) is 0 Å². The van der Waals surface area contributed by atoms with Crippen LogP contribution in [0.3, 0.4) is 0 Å². The second-order valence-electron chi connectivity index (χ2n) is 10.4. The van der Waals surface area contributed by atoms with Crippen LogP contribution in [-0.2, 0) is 5.41 Å². The maximum Gasteiger partial charge on any atom is 0.0562 e. The first-order valence-electron chi connectivity index (χ1n) is 12.0. The predicted octanol–water partition coefficient (Wildman–Crippen LogP) is 8.87. The highest BCUT2D eigenvalue weighted by molar-refractivity contribution is 6.24. The molecular formula is C32H26N2. The molecule has 7 aromatic rings. The number of rotatable bonds is 1. The van der Waals surface area contributed by atoms with E-state index >= 15 is 0 Å². The highest BCUT2D eigenvalue weighted by atomic mass is 15.0. The summed E-state index contributed by atoms with van der Waals surface area (Å²) < 4.78 is 2.43. The normalized spacial score (nSPS) is 12.6. The van der Waals surface area contributed by atoms with Gasteiger partial charge in [-0.25, -0.2) is 0 Å². The van der Waals surface area contributed by atoms with E-state index in [0.29, 0.717) is 0 Å². The Morgan fingerprint density at radius 1 is 0.588 bits per heavy atom. The smallest absolute Gasteiger partial charge is 0.0562 e. The first-order valence-corrected chi connectivity index (χ1v) is 12.0. The van der Waals surface area contributed by atoms with Crippen molar-refractivity contribution in [1.29, 1.82) is 0 Å². The molecular weight excluding hydrogens is 412 g/mol. The van der Waals surface area contributed by atoms with Gasteiger partial charge in [-0.2, -0.15) is 0 Å². The molecule has 34 heavy (non-hydrogen) atoms. The summed E-state index contributed by atoms with van der Waals surface area (Å²) in [5.74, 6) is 0. The number of hydrogen-bond acceptors (Lipinski definition) is 0. The van der Waals surface area contributed by atoms with Crippen molar-refractivity contribution in [1.82, 2.24) is 9.55 Å². The van der Waals surface area contributed by atoms with Crippen LogP contribution >= 0.6 is 0 Å². The monoisotopic (exact) mass is 438 g/mol. The second kappa shape index (κ2) is 6.74. The SMILES string of the molecule is CC(C)(C)c1ccc(-n2c3cc4[nH]c5ccccc5c4cc3c3c4ccccc4ccc32)cc1. The minimum absolute atomic E-state index is 0.131. The number of H-pyrrole nitrogens is 1. The van der Waals surface area contributed by atoms with E-state index in [2.05, 4.69) is 127 Å². The van der Waals surface area contributed by atoms with E-state index in [0.717, 1.165) is 0 Å². The fourth-order valence-electron chi connectivity index (χ4n) is 5.52. The van der Waals surface area contributed by atoms with Gasteiger partial charge in [0.25, 0.3) is 0 Å². The summed E-state index contributed by atoms with van der Waals surface area (Å²) in [6.07, 6.45) is 0. The van der Waals surface area contributed by atoms with E-state index in [1.54, 1.807) is 0 Å². The van der Waals surface area contributed by atoms with Gasteiger partial charge in [-0.1, -0.05) is 81.4 Å². The molecule has 2 heterocycles. The Balaban J connectivity index is 1.65. The molecule has 0 radical (unpaired) electrons. The number of nitrogens with zero attached hydrogens (tertiary/aromatic N) is 1. The first-order chi connectivity index (χ1) is 16.5. The van der Waals surface area contributed by atoms with Gasteiger partial charge in [0.1, 0.15) is 0 Å². The third-order valence-corrected chi connectivity index (χ3v) is 7.27. The van der Waals surface area contributed by atoms with Crippen LogP contribution in [0.5, 0.6) is 0 Å². The highest BCUT2D eigenvalue weighted by Crippen LogP contribution is 2.40. The van der Waals surface area contributed by atoms with Crippen LogP contribution in [0.1, 0.15) is 26.3 Å². The fraction of sp³-hybridized carbons (Fsp3) is 0.125. The van der Waals surface area contributed by atoms with Crippen molar-refractivity contribution in [3.63, 3.8) is 0 Å². The van der Waals surface area contributed by atoms with Crippen LogP contribution in [0.25, 0.3) is 60.1 Å². The maximum atomic E-state index is 3.65. The average molecular weight is 439 g/mol. The summed E-state index contributed by atoms with van der Waals surface area (Å²) in [6, 6.07) is 35.6. The largest absolute Gasteiger partial charge is 0.354 e. The van der Waals surface area contributed by atoms with Gasteiger partial charge >= 0.3 is 0 Å². The van der Waals surface area contributed by atoms with E-state index < -0.39 is 0 Å². The Morgan fingerprint density at radius 2 is 1.32 bits per heavy atom. The van der Waals surface area contributed by atoms with Crippen LogP contribution in [0.2, 0.25) is 0 Å². The lowest BCUT2D eigenvalue weighted by molar-refractivity contribution is 0.590. The van der Waals surface area contributed by atoms with Gasteiger partial charge in [-0.15, -0.1) is 0 Å². The van der Waals surface area contributed by atoms with E-state index in [4.69, 9.17) is 0 Å². The Labute approximate surface area is 198 Å². The minimum atomic E-state index is 0.131. The van der Waals surface area contributed by atoms with Gasteiger partial charge in [0.2, 0.25) is 0 Å². The summed E-state index contributed by atoms with van der Waals surface area (Å²) >= 11 is 0. The van der Waals surface area contributed by atoms with Gasteiger partial charge in [0.05, 0.1) is 11.0 Å². The molecule has 0 fully saturated rings. The van der Waals surface area contributed by atoms with Crippen molar-refractivity contribution in [2.45, 2.75) is 26.2 Å². The lowest BCUT2D eigenvalue weighted by Crippen LogP contribution is -2.10. The molecule has 0 amide bonds. The molecule has 0 bridgehead atoms. The van der Waals surface area contributed by atoms with Crippen LogP contribution < -0.4 is 0 Å². The number of aromatic nitrogens is 2. The van der Waals surface area contributed by atoms with Gasteiger partial charge in [0.15, 0.2) is 0 Å². The molecule has 1 N–H and O–H groups in total. The Morgan fingerprint density at radius 3 is 2.12 bits per heavy atom. The lowest BCUT2D eigenvalue weighted by Gasteiger charge is -2.19. The molecule has 164 valence electrons. The molecule has 2 heteroatoms. The summed E-state index contributed by atoms with van der Waals surface area (Å²) in [7, 11) is 0. The molecule has 0 spiro atoms. The van der Waals surface area contributed by atoms with Crippen molar-refractivity contribution in [2.24, 2.45) is 0 Å². The van der Waals surface area contributed by atoms with E-state index in [1.165, 1.54) is 65.6 Å². The quantitative estimate of drug-likeness (QED) is 0.264. The van der Waals surface area contributed by atoms with Gasteiger partial charge < -0.3 is 9.55 Å². The number of para-hydroxylation sites is 1. The summed E-state index contributed by atoms with van der Waals surface area (Å²) in [5, 5.41) is 7.74. The number of benzene rings is 5. The molecule has 0 atom stereocenters. The molecule has 0 unspecified atom stereocenters. The predicted molar refractivity (Wildman–Crippen MR) is 146 cm³/mol. The summed E-state index contributed by atoms with van der Waals surface area (Å²) in [5.41, 5.74) is 7.50. The topological polar surface area (TPSA) is 20.7 Å². The van der Waals surface area contributed by atoms with Crippen molar-refractivity contribution in [3.8, 4) is 5.69 Å². The number of fused-ring (bicyclic) bond motifs is 8. The first kappa shape index (κ1) is 19.4. The van der Waals surface area contributed by atoms with Crippen molar-refractivity contribution in [2.75, 3.05) is 0 Å². The van der Waals surface area contributed by atoms with Gasteiger partial charge in [-0.3, -0.25) is 0 Å².